The Bertz CT molecular complexity index is 326. The average Bonchev–Trinajstić information content (AvgIpc) is 2.22. The first-order chi connectivity index (χ1) is 7.59. The molecule has 0 amide bonds. The minimum Gasteiger partial charge on any atom is -0.397 e. The maximum Gasteiger partial charge on any atom is 0.126 e. The second-order valence-corrected chi connectivity index (χ2v) is 4.27. The lowest BCUT2D eigenvalue weighted by atomic mass is 10.2. The highest BCUT2D eigenvalue weighted by Gasteiger charge is 1.98. The number of nitrogen functional groups attached to an aromatic ring is 1. The number of anilines is 2. The van der Waals surface area contributed by atoms with E-state index in [1.807, 2.05) is 19.1 Å². The molecule has 0 saturated heterocycles. The molecule has 0 saturated carbocycles. The van der Waals surface area contributed by atoms with Crippen LogP contribution in [-0.4, -0.2) is 24.7 Å². The van der Waals surface area contributed by atoms with Crippen molar-refractivity contribution in [2.45, 2.75) is 20.8 Å². The molecule has 0 aliphatic rings. The van der Waals surface area contributed by atoms with E-state index in [9.17, 15) is 0 Å². The van der Waals surface area contributed by atoms with Crippen molar-refractivity contribution in [1.29, 1.82) is 0 Å². The monoisotopic (exact) mass is 223 g/mol. The van der Waals surface area contributed by atoms with E-state index in [0.717, 1.165) is 30.4 Å². The Hall–Kier alpha value is -1.29. The van der Waals surface area contributed by atoms with Crippen LogP contribution in [0, 0.1) is 12.8 Å². The van der Waals surface area contributed by atoms with Crippen molar-refractivity contribution in [3.8, 4) is 0 Å². The molecule has 0 unspecified atom stereocenters. The molecule has 0 aromatic carbocycles. The molecule has 0 aliphatic carbocycles. The summed E-state index contributed by atoms with van der Waals surface area (Å²) < 4.78 is 5.46. The molecule has 4 nitrogen and oxygen atoms in total. The predicted molar refractivity (Wildman–Crippen MR) is 67.5 cm³/mol. The summed E-state index contributed by atoms with van der Waals surface area (Å²) in [4.78, 5) is 4.31. The first-order valence-electron chi connectivity index (χ1n) is 5.64. The maximum atomic E-state index is 5.68. The van der Waals surface area contributed by atoms with Crippen molar-refractivity contribution in [3.63, 3.8) is 0 Å². The second kappa shape index (κ2) is 6.33. The van der Waals surface area contributed by atoms with Gasteiger partial charge in [0.15, 0.2) is 0 Å². The van der Waals surface area contributed by atoms with Crippen LogP contribution in [0.4, 0.5) is 11.5 Å². The van der Waals surface area contributed by atoms with E-state index >= 15 is 0 Å². The molecule has 0 bridgehead atoms. The van der Waals surface area contributed by atoms with Gasteiger partial charge in [0.05, 0.1) is 18.0 Å². The van der Waals surface area contributed by atoms with Gasteiger partial charge in [0.2, 0.25) is 0 Å². The van der Waals surface area contributed by atoms with Gasteiger partial charge < -0.3 is 15.8 Å². The van der Waals surface area contributed by atoms with Crippen molar-refractivity contribution in [2.24, 2.45) is 5.92 Å². The number of rotatable bonds is 6. The molecule has 0 aliphatic heterocycles. The van der Waals surface area contributed by atoms with Gasteiger partial charge in [-0.3, -0.25) is 0 Å². The van der Waals surface area contributed by atoms with Crippen LogP contribution >= 0.6 is 0 Å². The van der Waals surface area contributed by atoms with Gasteiger partial charge in [-0.15, -0.1) is 0 Å². The number of nitrogens with one attached hydrogen (secondary N) is 1. The molecule has 1 aromatic heterocycles. The van der Waals surface area contributed by atoms with Crippen molar-refractivity contribution >= 4 is 11.5 Å². The van der Waals surface area contributed by atoms with E-state index in [2.05, 4.69) is 24.1 Å². The highest BCUT2D eigenvalue weighted by atomic mass is 16.5. The molecule has 4 heteroatoms. The van der Waals surface area contributed by atoms with E-state index in [0.29, 0.717) is 12.5 Å². The fraction of sp³-hybridized carbons (Fsp3) is 0.583. The van der Waals surface area contributed by atoms with E-state index in [4.69, 9.17) is 10.5 Å². The summed E-state index contributed by atoms with van der Waals surface area (Å²) in [5.41, 5.74) is 7.26. The van der Waals surface area contributed by atoms with Gasteiger partial charge in [-0.05, 0) is 25.0 Å². The summed E-state index contributed by atoms with van der Waals surface area (Å²) in [5.74, 6) is 1.43. The van der Waals surface area contributed by atoms with Crippen LogP contribution in [-0.2, 0) is 4.74 Å². The maximum absolute atomic E-state index is 5.68. The zero-order valence-corrected chi connectivity index (χ0v) is 10.3. The number of hydrogen-bond acceptors (Lipinski definition) is 4. The lowest BCUT2D eigenvalue weighted by Crippen LogP contribution is -2.13. The van der Waals surface area contributed by atoms with Gasteiger partial charge in [0.1, 0.15) is 5.82 Å². The summed E-state index contributed by atoms with van der Waals surface area (Å²) in [6, 6.07) is 3.74. The quantitative estimate of drug-likeness (QED) is 0.725. The molecule has 0 spiro atoms. The number of hydrogen-bond donors (Lipinski definition) is 2. The van der Waals surface area contributed by atoms with Gasteiger partial charge in [0, 0.05) is 13.2 Å². The number of aryl methyl sites for hydroxylation is 1. The molecule has 16 heavy (non-hydrogen) atoms. The van der Waals surface area contributed by atoms with E-state index in [1.54, 1.807) is 0 Å². The highest BCUT2D eigenvalue weighted by molar-refractivity contribution is 5.48. The minimum absolute atomic E-state index is 0.580. The lowest BCUT2D eigenvalue weighted by Gasteiger charge is -2.09. The fourth-order valence-corrected chi connectivity index (χ4v) is 1.24. The third-order valence-corrected chi connectivity index (χ3v) is 2.13. The smallest absolute Gasteiger partial charge is 0.126 e. The van der Waals surface area contributed by atoms with Gasteiger partial charge in [-0.25, -0.2) is 4.98 Å². The fourth-order valence-electron chi connectivity index (χ4n) is 1.24. The molecule has 1 heterocycles. The van der Waals surface area contributed by atoms with Gasteiger partial charge in [0.25, 0.3) is 0 Å². The molecule has 1 rings (SSSR count). The van der Waals surface area contributed by atoms with Crippen LogP contribution in [0.5, 0.6) is 0 Å². The largest absolute Gasteiger partial charge is 0.397 e. The summed E-state index contributed by atoms with van der Waals surface area (Å²) in [6.45, 7) is 8.44. The molecule has 3 N–H and O–H groups in total. The van der Waals surface area contributed by atoms with Crippen LogP contribution in [0.2, 0.25) is 0 Å². The number of ether oxygens (including phenoxy) is 1. The Labute approximate surface area is 97.2 Å². The van der Waals surface area contributed by atoms with Gasteiger partial charge >= 0.3 is 0 Å². The normalized spacial score (nSPS) is 10.8. The van der Waals surface area contributed by atoms with Gasteiger partial charge in [-0.1, -0.05) is 13.8 Å². The second-order valence-electron chi connectivity index (χ2n) is 4.27. The molecular weight excluding hydrogens is 202 g/mol. The molecule has 1 aromatic rings. The van der Waals surface area contributed by atoms with Crippen LogP contribution < -0.4 is 11.1 Å². The SMILES string of the molecule is Cc1nc(NCCOCC(C)C)ccc1N. The summed E-state index contributed by atoms with van der Waals surface area (Å²) in [6.07, 6.45) is 0. The standard InChI is InChI=1S/C12H21N3O/c1-9(2)8-16-7-6-14-12-5-4-11(13)10(3)15-12/h4-5,9H,6-8,13H2,1-3H3,(H,14,15). The van der Waals surface area contributed by atoms with Crippen LogP contribution in [0.3, 0.4) is 0 Å². The summed E-state index contributed by atoms with van der Waals surface area (Å²) >= 11 is 0. The molecule has 90 valence electrons. The summed E-state index contributed by atoms with van der Waals surface area (Å²) in [5, 5.41) is 3.19. The zero-order valence-electron chi connectivity index (χ0n) is 10.3. The van der Waals surface area contributed by atoms with Crippen LogP contribution in [0.1, 0.15) is 19.5 Å². The Kier molecular flexibility index (Phi) is 5.05. The lowest BCUT2D eigenvalue weighted by molar-refractivity contribution is 0.118. The Morgan fingerprint density at radius 3 is 2.81 bits per heavy atom. The summed E-state index contributed by atoms with van der Waals surface area (Å²) in [7, 11) is 0. The Morgan fingerprint density at radius 1 is 1.44 bits per heavy atom. The van der Waals surface area contributed by atoms with Crippen LogP contribution in [0.15, 0.2) is 12.1 Å². The average molecular weight is 223 g/mol. The first-order valence-corrected chi connectivity index (χ1v) is 5.64. The van der Waals surface area contributed by atoms with Gasteiger partial charge in [-0.2, -0.15) is 0 Å². The predicted octanol–water partition coefficient (Wildman–Crippen LogP) is 2.06. The highest BCUT2D eigenvalue weighted by Crippen LogP contribution is 2.11. The molecule has 0 atom stereocenters. The molecule has 0 fully saturated rings. The van der Waals surface area contributed by atoms with E-state index in [-0.39, 0.29) is 0 Å². The molecular formula is C12H21N3O. The molecule has 0 radical (unpaired) electrons. The Morgan fingerprint density at radius 2 is 2.19 bits per heavy atom. The van der Waals surface area contributed by atoms with Crippen molar-refractivity contribution < 1.29 is 4.74 Å². The first kappa shape index (κ1) is 12.8. The number of nitrogens with two attached hydrogens (primary N) is 1. The van der Waals surface area contributed by atoms with E-state index < -0.39 is 0 Å². The third kappa shape index (κ3) is 4.49. The third-order valence-electron chi connectivity index (χ3n) is 2.13. The number of pyridine rings is 1. The van der Waals surface area contributed by atoms with Crippen LogP contribution in [0.25, 0.3) is 0 Å². The topological polar surface area (TPSA) is 60.2 Å². The van der Waals surface area contributed by atoms with E-state index in [1.165, 1.54) is 0 Å². The number of aromatic nitrogens is 1. The van der Waals surface area contributed by atoms with Crippen molar-refractivity contribution in [1.82, 2.24) is 4.98 Å². The van der Waals surface area contributed by atoms with Crippen molar-refractivity contribution in [3.05, 3.63) is 17.8 Å². The Balaban J connectivity index is 2.24. The minimum atomic E-state index is 0.580. The zero-order chi connectivity index (χ0) is 12.0. The number of nitrogens with zero attached hydrogens (tertiary/aromatic N) is 1. The van der Waals surface area contributed by atoms with Crippen molar-refractivity contribution in [2.75, 3.05) is 30.8 Å².